The molecule has 0 unspecified atom stereocenters. The molecule has 4 atom stereocenters. The molecule has 110 valence electrons. The highest BCUT2D eigenvalue weighted by molar-refractivity contribution is 14.1. The lowest BCUT2D eigenvalue weighted by Crippen LogP contribution is -2.52. The summed E-state index contributed by atoms with van der Waals surface area (Å²) in [7, 11) is -3.55. The molecule has 1 N–H and O–H groups in total. The first-order chi connectivity index (χ1) is 9.45. The molecule has 5 nitrogen and oxygen atoms in total. The molecule has 0 radical (unpaired) electrons. The van der Waals surface area contributed by atoms with E-state index >= 15 is 0 Å². The second-order valence-corrected chi connectivity index (χ2v) is 8.49. The first kappa shape index (κ1) is 14.7. The third-order valence-electron chi connectivity index (χ3n) is 3.57. The number of benzene rings is 1. The minimum Gasteiger partial charge on any atom is -0.348 e. The first-order valence-electron chi connectivity index (χ1n) is 6.46. The van der Waals surface area contributed by atoms with Crippen LogP contribution in [-0.2, 0) is 19.5 Å². The fourth-order valence-corrected chi connectivity index (χ4v) is 5.04. The van der Waals surface area contributed by atoms with Crippen molar-refractivity contribution in [3.8, 4) is 0 Å². The van der Waals surface area contributed by atoms with Crippen molar-refractivity contribution in [2.75, 3.05) is 6.61 Å². The van der Waals surface area contributed by atoms with Crippen molar-refractivity contribution in [2.24, 2.45) is 0 Å². The van der Waals surface area contributed by atoms with Gasteiger partial charge < -0.3 is 9.47 Å². The molecule has 20 heavy (non-hydrogen) atoms. The van der Waals surface area contributed by atoms with Gasteiger partial charge in [0.25, 0.3) is 0 Å². The predicted octanol–water partition coefficient (Wildman–Crippen LogP) is 1.59. The summed E-state index contributed by atoms with van der Waals surface area (Å²) in [5.74, 6) is 0. The molecule has 1 aromatic rings. The lowest BCUT2D eigenvalue weighted by Gasteiger charge is -2.32. The van der Waals surface area contributed by atoms with Crippen LogP contribution in [0.3, 0.4) is 0 Å². The lowest BCUT2D eigenvalue weighted by molar-refractivity contribution is -0.0941. The molecular weight excluding hydrogens is 393 g/mol. The molecule has 2 heterocycles. The van der Waals surface area contributed by atoms with Crippen molar-refractivity contribution in [1.29, 1.82) is 0 Å². The maximum Gasteiger partial charge on any atom is 0.241 e. The van der Waals surface area contributed by atoms with E-state index in [0.29, 0.717) is 6.61 Å². The monoisotopic (exact) mass is 409 g/mol. The van der Waals surface area contributed by atoms with Gasteiger partial charge in [-0.25, -0.2) is 13.1 Å². The minimum atomic E-state index is -3.55. The van der Waals surface area contributed by atoms with E-state index in [1.54, 1.807) is 24.3 Å². The van der Waals surface area contributed by atoms with Crippen LogP contribution in [0, 0.1) is 6.92 Å². The standard InChI is InChI=1S/C13H16INO4S/c1-8-2-4-10(5-3-8)20(16,17)15-12-11(14)6-9-7-18-13(12)19-9/h2-5,9,11-13,15H,6-7H2,1H3/t9-,11+,12-,13+/m0/s1. The van der Waals surface area contributed by atoms with Gasteiger partial charge in [0.2, 0.25) is 10.0 Å². The summed E-state index contributed by atoms with van der Waals surface area (Å²) in [6, 6.07) is 6.45. The third-order valence-corrected chi connectivity index (χ3v) is 6.32. The van der Waals surface area contributed by atoms with Crippen molar-refractivity contribution < 1.29 is 17.9 Å². The van der Waals surface area contributed by atoms with Crippen LogP contribution < -0.4 is 4.72 Å². The Kier molecular flexibility index (Phi) is 4.06. The second-order valence-electron chi connectivity index (χ2n) is 5.17. The fourth-order valence-electron chi connectivity index (χ4n) is 2.44. The topological polar surface area (TPSA) is 64.6 Å². The van der Waals surface area contributed by atoms with Crippen LogP contribution in [0.5, 0.6) is 0 Å². The predicted molar refractivity (Wildman–Crippen MR) is 82.3 cm³/mol. The number of alkyl halides is 1. The number of ether oxygens (including phenoxy) is 2. The number of fused-ring (bicyclic) bond motifs is 2. The molecular formula is C13H16INO4S. The molecule has 2 aliphatic heterocycles. The highest BCUT2D eigenvalue weighted by Gasteiger charge is 2.44. The number of aryl methyl sites for hydroxylation is 1. The smallest absolute Gasteiger partial charge is 0.241 e. The first-order valence-corrected chi connectivity index (χ1v) is 9.19. The van der Waals surface area contributed by atoms with Gasteiger partial charge in [0.15, 0.2) is 6.29 Å². The van der Waals surface area contributed by atoms with E-state index in [-0.39, 0.29) is 21.0 Å². The molecule has 0 aliphatic carbocycles. The van der Waals surface area contributed by atoms with Gasteiger partial charge in [-0.3, -0.25) is 0 Å². The number of hydrogen-bond acceptors (Lipinski definition) is 4. The van der Waals surface area contributed by atoms with E-state index in [2.05, 4.69) is 27.3 Å². The molecule has 0 aromatic heterocycles. The summed E-state index contributed by atoms with van der Waals surface area (Å²) in [5.41, 5.74) is 1.03. The number of sulfonamides is 1. The van der Waals surface area contributed by atoms with Gasteiger partial charge in [0.1, 0.15) is 0 Å². The molecule has 1 aromatic carbocycles. The summed E-state index contributed by atoms with van der Waals surface area (Å²) in [6.45, 7) is 2.47. The fraction of sp³-hybridized carbons (Fsp3) is 0.538. The number of hydrogen-bond donors (Lipinski definition) is 1. The molecule has 0 spiro atoms. The van der Waals surface area contributed by atoms with Gasteiger partial charge in [0, 0.05) is 3.92 Å². The Hall–Kier alpha value is -0.220. The Bertz CT molecular complexity index is 589. The summed E-state index contributed by atoms with van der Waals surface area (Å²) in [4.78, 5) is 0.270. The SMILES string of the molecule is Cc1ccc(S(=O)(=O)N[C@@H]2[C@@H]3OC[C@H](C[C@H]2I)O3)cc1. The molecule has 2 aliphatic rings. The van der Waals surface area contributed by atoms with E-state index in [1.165, 1.54) is 0 Å². The minimum absolute atomic E-state index is 0.0991. The van der Waals surface area contributed by atoms with Gasteiger partial charge in [-0.1, -0.05) is 40.3 Å². The van der Waals surface area contributed by atoms with Gasteiger partial charge >= 0.3 is 0 Å². The van der Waals surface area contributed by atoms with E-state index in [1.807, 2.05) is 6.92 Å². The van der Waals surface area contributed by atoms with Crippen molar-refractivity contribution in [1.82, 2.24) is 4.72 Å². The van der Waals surface area contributed by atoms with Gasteiger partial charge in [0.05, 0.1) is 23.6 Å². The van der Waals surface area contributed by atoms with Crippen molar-refractivity contribution in [3.05, 3.63) is 29.8 Å². The van der Waals surface area contributed by atoms with Crippen LogP contribution >= 0.6 is 22.6 Å². The third kappa shape index (κ3) is 2.87. The average Bonchev–Trinajstić information content (AvgIpc) is 2.79. The van der Waals surface area contributed by atoms with E-state index in [0.717, 1.165) is 12.0 Å². The van der Waals surface area contributed by atoms with Crippen LogP contribution in [0.25, 0.3) is 0 Å². The normalized spacial score (nSPS) is 33.3. The molecule has 3 rings (SSSR count). The molecule has 0 saturated carbocycles. The van der Waals surface area contributed by atoms with E-state index in [4.69, 9.17) is 9.47 Å². The molecule has 0 amide bonds. The van der Waals surface area contributed by atoms with Crippen molar-refractivity contribution in [3.63, 3.8) is 0 Å². The molecule has 2 saturated heterocycles. The molecule has 7 heteroatoms. The second kappa shape index (κ2) is 5.53. The Labute approximate surface area is 132 Å². The number of nitrogens with one attached hydrogen (secondary N) is 1. The lowest BCUT2D eigenvalue weighted by atomic mass is 10.1. The summed E-state index contributed by atoms with van der Waals surface area (Å²) < 4.78 is 38.8. The summed E-state index contributed by atoms with van der Waals surface area (Å²) in [5, 5.41) is 0. The largest absolute Gasteiger partial charge is 0.348 e. The van der Waals surface area contributed by atoms with Crippen LogP contribution in [0.15, 0.2) is 29.2 Å². The van der Waals surface area contributed by atoms with Gasteiger partial charge in [-0.05, 0) is 25.5 Å². The Balaban J connectivity index is 1.80. The van der Waals surface area contributed by atoms with Crippen LogP contribution in [0.2, 0.25) is 0 Å². The van der Waals surface area contributed by atoms with Gasteiger partial charge in [-0.15, -0.1) is 0 Å². The number of rotatable bonds is 3. The van der Waals surface area contributed by atoms with E-state index in [9.17, 15) is 8.42 Å². The maximum absolute atomic E-state index is 12.4. The summed E-state index contributed by atoms with van der Waals surface area (Å²) >= 11 is 2.27. The quantitative estimate of drug-likeness (QED) is 0.609. The molecule has 2 fully saturated rings. The zero-order chi connectivity index (χ0) is 14.3. The zero-order valence-corrected chi connectivity index (χ0v) is 13.9. The van der Waals surface area contributed by atoms with Crippen LogP contribution in [-0.4, -0.2) is 37.4 Å². The van der Waals surface area contributed by atoms with Crippen molar-refractivity contribution in [2.45, 2.75) is 40.6 Å². The number of halogens is 1. The Morgan fingerprint density at radius 3 is 2.70 bits per heavy atom. The van der Waals surface area contributed by atoms with Crippen LogP contribution in [0.1, 0.15) is 12.0 Å². The highest BCUT2D eigenvalue weighted by atomic mass is 127. The Morgan fingerprint density at radius 2 is 2.00 bits per heavy atom. The van der Waals surface area contributed by atoms with Crippen molar-refractivity contribution >= 4 is 32.6 Å². The Morgan fingerprint density at radius 1 is 1.30 bits per heavy atom. The highest BCUT2D eigenvalue weighted by Crippen LogP contribution is 2.32. The average molecular weight is 409 g/mol. The maximum atomic E-state index is 12.4. The van der Waals surface area contributed by atoms with Crippen LogP contribution in [0.4, 0.5) is 0 Å². The molecule has 2 bridgehead atoms. The van der Waals surface area contributed by atoms with E-state index < -0.39 is 16.3 Å². The summed E-state index contributed by atoms with van der Waals surface area (Å²) in [6.07, 6.45) is 0.427. The van der Waals surface area contributed by atoms with Gasteiger partial charge in [-0.2, -0.15) is 0 Å². The zero-order valence-electron chi connectivity index (χ0n) is 11.0.